The highest BCUT2D eigenvalue weighted by Gasteiger charge is 2.07. The van der Waals surface area contributed by atoms with Gasteiger partial charge in [0, 0.05) is 28.5 Å². The van der Waals surface area contributed by atoms with Crippen molar-refractivity contribution in [3.05, 3.63) is 94.5 Å². The summed E-state index contributed by atoms with van der Waals surface area (Å²) in [6, 6.07) is 23.0. The predicted molar refractivity (Wildman–Crippen MR) is 109 cm³/mol. The van der Waals surface area contributed by atoms with E-state index in [9.17, 15) is 4.79 Å². The van der Waals surface area contributed by atoms with E-state index < -0.39 is 0 Å². The normalized spacial score (nSPS) is 10.4. The summed E-state index contributed by atoms with van der Waals surface area (Å²) in [5, 5.41) is 6.92. The zero-order chi connectivity index (χ0) is 18.4. The molecular weight excluding hydrogens is 344 g/mol. The van der Waals surface area contributed by atoms with Crippen molar-refractivity contribution in [2.45, 2.75) is 19.9 Å². The second kappa shape index (κ2) is 8.54. The number of carbonyl (C=O) groups is 1. The molecule has 0 saturated heterocycles. The summed E-state index contributed by atoms with van der Waals surface area (Å²) in [5.74, 6) is -0.150. The van der Waals surface area contributed by atoms with Crippen molar-refractivity contribution in [3.63, 3.8) is 0 Å². The highest BCUT2D eigenvalue weighted by atomic mass is 35.5. The number of hydrogen-bond donors (Lipinski definition) is 2. The fourth-order valence-corrected chi connectivity index (χ4v) is 2.98. The van der Waals surface area contributed by atoms with Crippen LogP contribution in [-0.2, 0) is 13.0 Å². The lowest BCUT2D eigenvalue weighted by atomic mass is 10.1. The number of hydrogen-bond acceptors (Lipinski definition) is 2. The van der Waals surface area contributed by atoms with E-state index in [1.807, 2.05) is 48.5 Å². The molecule has 0 atom stereocenters. The minimum atomic E-state index is -0.150. The van der Waals surface area contributed by atoms with E-state index in [-0.39, 0.29) is 5.91 Å². The molecule has 132 valence electrons. The number of para-hydroxylation sites is 1. The standard InChI is InChI=1S/C22H21ClN2O/c1-2-17-8-3-4-12-21(17)24-15-16-7-5-9-18(13-16)22(26)25-20-11-6-10-19(23)14-20/h3-14,24H,2,15H2,1H3,(H,25,26). The molecule has 1 amide bonds. The number of benzene rings is 3. The third-order valence-corrected chi connectivity index (χ3v) is 4.39. The van der Waals surface area contributed by atoms with Crippen LogP contribution in [0.2, 0.25) is 5.02 Å². The number of nitrogens with one attached hydrogen (secondary N) is 2. The second-order valence-corrected chi connectivity index (χ2v) is 6.47. The summed E-state index contributed by atoms with van der Waals surface area (Å²) in [7, 11) is 0. The van der Waals surface area contributed by atoms with E-state index in [0.717, 1.165) is 17.7 Å². The molecule has 0 unspecified atom stereocenters. The van der Waals surface area contributed by atoms with Crippen molar-refractivity contribution < 1.29 is 4.79 Å². The average Bonchev–Trinajstić information content (AvgIpc) is 2.67. The smallest absolute Gasteiger partial charge is 0.255 e. The van der Waals surface area contributed by atoms with Crippen molar-refractivity contribution in [3.8, 4) is 0 Å². The molecule has 0 radical (unpaired) electrons. The zero-order valence-electron chi connectivity index (χ0n) is 14.6. The van der Waals surface area contributed by atoms with E-state index in [4.69, 9.17) is 11.6 Å². The Morgan fingerprint density at radius 2 is 1.77 bits per heavy atom. The molecule has 2 N–H and O–H groups in total. The predicted octanol–water partition coefficient (Wildman–Crippen LogP) is 5.77. The molecule has 0 aliphatic rings. The van der Waals surface area contributed by atoms with Gasteiger partial charge in [0.25, 0.3) is 5.91 Å². The highest BCUT2D eigenvalue weighted by Crippen LogP contribution is 2.18. The fourth-order valence-electron chi connectivity index (χ4n) is 2.79. The molecule has 0 spiro atoms. The van der Waals surface area contributed by atoms with Crippen LogP contribution in [0.5, 0.6) is 0 Å². The maximum absolute atomic E-state index is 12.5. The Bertz CT molecular complexity index is 908. The molecule has 0 aromatic heterocycles. The molecule has 0 heterocycles. The van der Waals surface area contributed by atoms with Crippen molar-refractivity contribution in [1.82, 2.24) is 0 Å². The van der Waals surface area contributed by atoms with Crippen LogP contribution in [0.1, 0.15) is 28.4 Å². The molecule has 26 heavy (non-hydrogen) atoms. The molecule has 3 rings (SSSR count). The maximum Gasteiger partial charge on any atom is 0.255 e. The van der Waals surface area contributed by atoms with Gasteiger partial charge in [-0.25, -0.2) is 0 Å². The Balaban J connectivity index is 1.68. The van der Waals surface area contributed by atoms with Crippen molar-refractivity contribution in [1.29, 1.82) is 0 Å². The van der Waals surface area contributed by atoms with Crippen LogP contribution in [0.25, 0.3) is 0 Å². The van der Waals surface area contributed by atoms with Gasteiger partial charge in [0.2, 0.25) is 0 Å². The van der Waals surface area contributed by atoms with Gasteiger partial charge in [-0.05, 0) is 53.9 Å². The first-order valence-electron chi connectivity index (χ1n) is 8.63. The molecule has 3 nitrogen and oxygen atoms in total. The number of anilines is 2. The van der Waals surface area contributed by atoms with Crippen molar-refractivity contribution in [2.75, 3.05) is 10.6 Å². The van der Waals surface area contributed by atoms with Crippen LogP contribution in [0.4, 0.5) is 11.4 Å². The number of halogens is 1. The Morgan fingerprint density at radius 1 is 0.962 bits per heavy atom. The van der Waals surface area contributed by atoms with Gasteiger partial charge in [-0.2, -0.15) is 0 Å². The fraction of sp³-hybridized carbons (Fsp3) is 0.136. The van der Waals surface area contributed by atoms with Crippen LogP contribution < -0.4 is 10.6 Å². The van der Waals surface area contributed by atoms with Crippen molar-refractivity contribution >= 4 is 28.9 Å². The van der Waals surface area contributed by atoms with Gasteiger partial charge in [0.1, 0.15) is 0 Å². The molecule has 0 fully saturated rings. The second-order valence-electron chi connectivity index (χ2n) is 6.03. The first-order chi connectivity index (χ1) is 12.7. The summed E-state index contributed by atoms with van der Waals surface area (Å²) >= 11 is 5.96. The third kappa shape index (κ3) is 4.64. The van der Waals surface area contributed by atoms with Gasteiger partial charge in [-0.15, -0.1) is 0 Å². The summed E-state index contributed by atoms with van der Waals surface area (Å²) in [5.41, 5.74) is 4.76. The quantitative estimate of drug-likeness (QED) is 0.583. The maximum atomic E-state index is 12.5. The monoisotopic (exact) mass is 364 g/mol. The van der Waals surface area contributed by atoms with Gasteiger partial charge in [-0.1, -0.05) is 54.9 Å². The zero-order valence-corrected chi connectivity index (χ0v) is 15.4. The molecule has 0 saturated carbocycles. The van der Waals surface area contributed by atoms with Crippen LogP contribution in [0.15, 0.2) is 72.8 Å². The summed E-state index contributed by atoms with van der Waals surface area (Å²) in [6.45, 7) is 2.80. The summed E-state index contributed by atoms with van der Waals surface area (Å²) < 4.78 is 0. The molecular formula is C22H21ClN2O. The molecule has 3 aromatic carbocycles. The van der Waals surface area contributed by atoms with Gasteiger partial charge < -0.3 is 10.6 Å². The Kier molecular flexibility index (Phi) is 5.92. The van der Waals surface area contributed by atoms with Gasteiger partial charge in [-0.3, -0.25) is 4.79 Å². The van der Waals surface area contributed by atoms with Crippen molar-refractivity contribution in [2.24, 2.45) is 0 Å². The number of rotatable bonds is 6. The minimum absolute atomic E-state index is 0.150. The highest BCUT2D eigenvalue weighted by molar-refractivity contribution is 6.30. The van der Waals surface area contributed by atoms with Gasteiger partial charge in [0.05, 0.1) is 0 Å². The van der Waals surface area contributed by atoms with E-state index in [2.05, 4.69) is 29.7 Å². The molecule has 0 aliphatic heterocycles. The largest absolute Gasteiger partial charge is 0.381 e. The lowest BCUT2D eigenvalue weighted by Crippen LogP contribution is -2.12. The third-order valence-electron chi connectivity index (χ3n) is 4.15. The van der Waals surface area contributed by atoms with E-state index >= 15 is 0 Å². The van der Waals surface area contributed by atoms with E-state index in [1.54, 1.807) is 12.1 Å². The first-order valence-corrected chi connectivity index (χ1v) is 9.01. The number of amides is 1. The Morgan fingerprint density at radius 3 is 2.58 bits per heavy atom. The summed E-state index contributed by atoms with van der Waals surface area (Å²) in [4.78, 5) is 12.5. The minimum Gasteiger partial charge on any atom is -0.381 e. The first kappa shape index (κ1) is 18.0. The molecule has 0 aliphatic carbocycles. The van der Waals surface area contributed by atoms with Gasteiger partial charge >= 0.3 is 0 Å². The topological polar surface area (TPSA) is 41.1 Å². The SMILES string of the molecule is CCc1ccccc1NCc1cccc(C(=O)Nc2cccc(Cl)c2)c1. The molecule has 0 bridgehead atoms. The van der Waals surface area contributed by atoms with Crippen LogP contribution in [-0.4, -0.2) is 5.91 Å². The van der Waals surface area contributed by atoms with E-state index in [1.165, 1.54) is 5.56 Å². The number of aryl methyl sites for hydroxylation is 1. The van der Waals surface area contributed by atoms with Crippen LogP contribution >= 0.6 is 11.6 Å². The lowest BCUT2D eigenvalue weighted by molar-refractivity contribution is 0.102. The molecule has 3 aromatic rings. The van der Waals surface area contributed by atoms with Crippen LogP contribution in [0.3, 0.4) is 0 Å². The Hall–Kier alpha value is -2.78. The Labute approximate surface area is 159 Å². The van der Waals surface area contributed by atoms with Crippen LogP contribution in [0, 0.1) is 0 Å². The number of carbonyl (C=O) groups excluding carboxylic acids is 1. The molecule has 4 heteroatoms. The van der Waals surface area contributed by atoms with Gasteiger partial charge in [0.15, 0.2) is 0 Å². The average molecular weight is 365 g/mol. The lowest BCUT2D eigenvalue weighted by Gasteiger charge is -2.12. The summed E-state index contributed by atoms with van der Waals surface area (Å²) in [6.07, 6.45) is 0.977. The van der Waals surface area contributed by atoms with E-state index in [0.29, 0.717) is 22.8 Å².